The second kappa shape index (κ2) is 12.3. The van der Waals surface area contributed by atoms with Crippen molar-refractivity contribution in [2.45, 2.75) is 58.9 Å². The molecule has 2 aliphatic heterocycles. The summed E-state index contributed by atoms with van der Waals surface area (Å²) in [6, 6.07) is 14.7. The molecule has 0 radical (unpaired) electrons. The Morgan fingerprint density at radius 1 is 0.972 bits per heavy atom. The summed E-state index contributed by atoms with van der Waals surface area (Å²) < 4.78 is 1.68. The third kappa shape index (κ3) is 6.04. The first-order chi connectivity index (χ1) is 17.6. The number of rotatable bonds is 6. The highest BCUT2D eigenvalue weighted by atomic mass is 16.1. The fourth-order valence-electron chi connectivity index (χ4n) is 5.45. The maximum Gasteiger partial charge on any atom is 0.255 e. The van der Waals surface area contributed by atoms with Gasteiger partial charge < -0.3 is 4.90 Å². The number of hydrogen-bond acceptors (Lipinski definition) is 5. The molecule has 6 nitrogen and oxygen atoms in total. The van der Waals surface area contributed by atoms with Crippen molar-refractivity contribution >= 4 is 5.95 Å². The zero-order valence-corrected chi connectivity index (χ0v) is 22.4. The van der Waals surface area contributed by atoms with Crippen LogP contribution in [0.4, 0.5) is 5.95 Å². The Hall–Kier alpha value is -2.99. The molecule has 3 aromatic rings. The van der Waals surface area contributed by atoms with Gasteiger partial charge in [-0.25, -0.2) is 4.98 Å². The lowest BCUT2D eigenvalue weighted by molar-refractivity contribution is 0.315. The molecule has 4 heterocycles. The summed E-state index contributed by atoms with van der Waals surface area (Å²) in [4.78, 5) is 26.6. The Kier molecular flexibility index (Phi) is 8.92. The molecule has 0 amide bonds. The van der Waals surface area contributed by atoms with Crippen molar-refractivity contribution < 1.29 is 0 Å². The minimum atomic E-state index is -0.0319. The molecule has 1 aromatic carbocycles. The normalized spacial score (nSPS) is 20.2. The van der Waals surface area contributed by atoms with Crippen molar-refractivity contribution in [3.05, 3.63) is 76.3 Å². The van der Waals surface area contributed by atoms with Gasteiger partial charge in [-0.3, -0.25) is 19.2 Å². The van der Waals surface area contributed by atoms with Gasteiger partial charge in [0.2, 0.25) is 5.95 Å². The Labute approximate surface area is 216 Å². The van der Waals surface area contributed by atoms with Gasteiger partial charge in [0, 0.05) is 63.2 Å². The average Bonchev–Trinajstić information content (AvgIpc) is 3.40. The molecule has 2 saturated heterocycles. The van der Waals surface area contributed by atoms with E-state index in [-0.39, 0.29) is 5.56 Å². The molecule has 2 aromatic heterocycles. The molecule has 2 aliphatic rings. The molecule has 0 spiro atoms. The minimum absolute atomic E-state index is 0.0319. The number of pyridine rings is 1. The van der Waals surface area contributed by atoms with Crippen molar-refractivity contribution in [2.75, 3.05) is 31.1 Å². The molecular formula is C30H41N5O. The molecule has 6 heteroatoms. The summed E-state index contributed by atoms with van der Waals surface area (Å²) in [6.07, 6.45) is 8.36. The molecule has 5 rings (SSSR count). The number of nitrogens with zero attached hydrogens (tertiary/aromatic N) is 5. The van der Waals surface area contributed by atoms with Crippen LogP contribution in [0.1, 0.15) is 63.5 Å². The van der Waals surface area contributed by atoms with Crippen molar-refractivity contribution in [3.8, 4) is 11.3 Å². The average molecular weight is 488 g/mol. The summed E-state index contributed by atoms with van der Waals surface area (Å²) >= 11 is 0. The number of aromatic nitrogens is 3. The number of benzene rings is 1. The Balaban J connectivity index is 0.00000148. The highest BCUT2D eigenvalue weighted by Gasteiger charge is 2.25. The van der Waals surface area contributed by atoms with E-state index in [9.17, 15) is 4.79 Å². The zero-order valence-electron chi connectivity index (χ0n) is 22.4. The predicted molar refractivity (Wildman–Crippen MR) is 148 cm³/mol. The molecule has 0 saturated carbocycles. The van der Waals surface area contributed by atoms with E-state index in [2.05, 4.69) is 46.0 Å². The van der Waals surface area contributed by atoms with Crippen molar-refractivity contribution in [2.24, 2.45) is 13.0 Å². The maximum atomic E-state index is 12.7. The van der Waals surface area contributed by atoms with Crippen LogP contribution in [0.5, 0.6) is 0 Å². The first kappa shape index (κ1) is 26.1. The van der Waals surface area contributed by atoms with Gasteiger partial charge in [0.25, 0.3) is 5.56 Å². The molecule has 2 fully saturated rings. The summed E-state index contributed by atoms with van der Waals surface area (Å²) in [5, 5.41) is 0. The molecule has 2 unspecified atom stereocenters. The summed E-state index contributed by atoms with van der Waals surface area (Å²) in [5.41, 5.74) is 4.38. The second-order valence-electron chi connectivity index (χ2n) is 9.90. The molecule has 0 bridgehead atoms. The van der Waals surface area contributed by atoms with Crippen LogP contribution in [-0.2, 0) is 13.6 Å². The number of anilines is 1. The fraction of sp³-hybridized carbons (Fsp3) is 0.500. The van der Waals surface area contributed by atoms with Gasteiger partial charge in [0.15, 0.2) is 0 Å². The van der Waals surface area contributed by atoms with Crippen molar-refractivity contribution in [1.29, 1.82) is 0 Å². The van der Waals surface area contributed by atoms with E-state index in [1.807, 2.05) is 33.0 Å². The topological polar surface area (TPSA) is 54.3 Å². The Morgan fingerprint density at radius 2 is 1.72 bits per heavy atom. The van der Waals surface area contributed by atoms with Crippen LogP contribution in [0.25, 0.3) is 11.3 Å². The van der Waals surface area contributed by atoms with E-state index in [0.717, 1.165) is 49.9 Å². The summed E-state index contributed by atoms with van der Waals surface area (Å²) in [6.45, 7) is 11.6. The standard InChI is InChI=1S/C28H35N5O.C2H6/c1-3-21-12-16-32(18-21)19-22-6-8-23(9-7-22)25-5-4-15-33(20-25)28-30-26(17-27(34)31(28)2)24-10-13-29-14-11-24;1-2/h6-11,13-14,17,21,25H,3-5,12,15-16,18-20H2,1-2H3;1-2H3. The smallest absolute Gasteiger partial charge is 0.255 e. The summed E-state index contributed by atoms with van der Waals surface area (Å²) in [5.74, 6) is 2.06. The van der Waals surface area contributed by atoms with E-state index in [1.54, 1.807) is 23.0 Å². The Bertz CT molecular complexity index is 1160. The molecular weight excluding hydrogens is 446 g/mol. The first-order valence-corrected chi connectivity index (χ1v) is 13.7. The van der Waals surface area contributed by atoms with Crippen LogP contribution in [0.3, 0.4) is 0 Å². The van der Waals surface area contributed by atoms with Crippen molar-refractivity contribution in [3.63, 3.8) is 0 Å². The third-order valence-electron chi connectivity index (χ3n) is 7.60. The SMILES string of the molecule is CC.CCC1CCN(Cc2ccc(C3CCCN(c4nc(-c5ccncc5)cc(=O)n4C)C3)cc2)C1. The quantitative estimate of drug-likeness (QED) is 0.461. The van der Waals surface area contributed by atoms with Crippen molar-refractivity contribution in [1.82, 2.24) is 19.4 Å². The van der Waals surface area contributed by atoms with Crippen LogP contribution in [0, 0.1) is 5.92 Å². The molecule has 0 N–H and O–H groups in total. The highest BCUT2D eigenvalue weighted by molar-refractivity contribution is 5.59. The third-order valence-corrected chi connectivity index (χ3v) is 7.60. The van der Waals surface area contributed by atoms with Gasteiger partial charge in [0.05, 0.1) is 5.69 Å². The van der Waals surface area contributed by atoms with Gasteiger partial charge >= 0.3 is 0 Å². The van der Waals surface area contributed by atoms with Crippen LogP contribution >= 0.6 is 0 Å². The molecule has 36 heavy (non-hydrogen) atoms. The van der Waals surface area contributed by atoms with Gasteiger partial charge in [-0.15, -0.1) is 0 Å². The van der Waals surface area contributed by atoms with E-state index in [1.165, 1.54) is 37.1 Å². The first-order valence-electron chi connectivity index (χ1n) is 13.7. The minimum Gasteiger partial charge on any atom is -0.342 e. The lowest BCUT2D eigenvalue weighted by atomic mass is 9.90. The monoisotopic (exact) mass is 487 g/mol. The van der Waals surface area contributed by atoms with Crippen LogP contribution in [-0.4, -0.2) is 45.6 Å². The lowest BCUT2D eigenvalue weighted by Crippen LogP contribution is -2.38. The lowest BCUT2D eigenvalue weighted by Gasteiger charge is -2.34. The van der Waals surface area contributed by atoms with E-state index in [0.29, 0.717) is 11.6 Å². The van der Waals surface area contributed by atoms with Crippen LogP contribution in [0.15, 0.2) is 59.7 Å². The predicted octanol–water partition coefficient (Wildman–Crippen LogP) is 5.48. The number of hydrogen-bond donors (Lipinski definition) is 0. The number of piperidine rings is 1. The van der Waals surface area contributed by atoms with Gasteiger partial charge in [-0.1, -0.05) is 51.5 Å². The van der Waals surface area contributed by atoms with E-state index >= 15 is 0 Å². The van der Waals surface area contributed by atoms with E-state index in [4.69, 9.17) is 4.98 Å². The largest absolute Gasteiger partial charge is 0.342 e. The van der Waals surface area contributed by atoms with Gasteiger partial charge in [-0.05, 0) is 55.0 Å². The van der Waals surface area contributed by atoms with Gasteiger partial charge in [0.1, 0.15) is 0 Å². The van der Waals surface area contributed by atoms with E-state index < -0.39 is 0 Å². The van der Waals surface area contributed by atoms with Crippen LogP contribution in [0.2, 0.25) is 0 Å². The fourth-order valence-corrected chi connectivity index (χ4v) is 5.45. The summed E-state index contributed by atoms with van der Waals surface area (Å²) in [7, 11) is 1.82. The van der Waals surface area contributed by atoms with Crippen LogP contribution < -0.4 is 10.5 Å². The number of likely N-dealkylation sites (tertiary alicyclic amines) is 1. The highest BCUT2D eigenvalue weighted by Crippen LogP contribution is 2.30. The second-order valence-corrected chi connectivity index (χ2v) is 9.90. The van der Waals surface area contributed by atoms with Gasteiger partial charge in [-0.2, -0.15) is 0 Å². The zero-order chi connectivity index (χ0) is 25.5. The Morgan fingerprint density at radius 3 is 2.42 bits per heavy atom. The molecule has 192 valence electrons. The maximum absolute atomic E-state index is 12.7. The molecule has 2 atom stereocenters. The molecule has 0 aliphatic carbocycles.